The second kappa shape index (κ2) is 6.38. The number of nitro groups is 1. The van der Waals surface area contributed by atoms with Crippen LogP contribution >= 0.6 is 15.9 Å². The monoisotopic (exact) mass is 337 g/mol. The van der Waals surface area contributed by atoms with E-state index in [0.29, 0.717) is 12.4 Å². The predicted molar refractivity (Wildman–Crippen MR) is 78.1 cm³/mol. The molecule has 0 atom stereocenters. The lowest BCUT2D eigenvalue weighted by atomic mass is 10.2. The Bertz CT molecular complexity index is 630. The summed E-state index contributed by atoms with van der Waals surface area (Å²) in [5.74, 6) is 1.20. The lowest BCUT2D eigenvalue weighted by Crippen LogP contribution is -1.97. The first-order chi connectivity index (χ1) is 9.60. The molecule has 104 valence electrons. The van der Waals surface area contributed by atoms with Gasteiger partial charge in [0.1, 0.15) is 18.1 Å². The average molecular weight is 338 g/mol. The lowest BCUT2D eigenvalue weighted by Gasteiger charge is -2.08. The first-order valence-electron chi connectivity index (χ1n) is 5.80. The molecular formula is C14H12BrNO4. The highest BCUT2D eigenvalue weighted by Gasteiger charge is 2.07. The van der Waals surface area contributed by atoms with Crippen LogP contribution in [0.4, 0.5) is 5.69 Å². The van der Waals surface area contributed by atoms with Crippen molar-refractivity contribution < 1.29 is 14.4 Å². The number of methoxy groups -OCH3 is 1. The van der Waals surface area contributed by atoms with E-state index in [-0.39, 0.29) is 5.69 Å². The molecule has 5 nitrogen and oxygen atoms in total. The van der Waals surface area contributed by atoms with E-state index >= 15 is 0 Å². The van der Waals surface area contributed by atoms with E-state index in [4.69, 9.17) is 9.47 Å². The fourth-order valence-corrected chi connectivity index (χ4v) is 2.24. The van der Waals surface area contributed by atoms with Gasteiger partial charge in [0.25, 0.3) is 5.69 Å². The van der Waals surface area contributed by atoms with E-state index in [2.05, 4.69) is 15.9 Å². The topological polar surface area (TPSA) is 61.6 Å². The highest BCUT2D eigenvalue weighted by Crippen LogP contribution is 2.26. The van der Waals surface area contributed by atoms with Crippen molar-refractivity contribution in [1.82, 2.24) is 0 Å². The van der Waals surface area contributed by atoms with Crippen LogP contribution in [0.3, 0.4) is 0 Å². The maximum Gasteiger partial charge on any atom is 0.273 e. The molecule has 0 aliphatic heterocycles. The molecule has 0 amide bonds. The maximum atomic E-state index is 10.7. The molecule has 0 aromatic heterocycles. The molecule has 2 aromatic carbocycles. The predicted octanol–water partition coefficient (Wildman–Crippen LogP) is 3.94. The Labute approximate surface area is 124 Å². The van der Waals surface area contributed by atoms with Gasteiger partial charge in [-0.05, 0) is 39.7 Å². The smallest absolute Gasteiger partial charge is 0.273 e. The van der Waals surface area contributed by atoms with Gasteiger partial charge in [0.2, 0.25) is 0 Å². The standard InChI is InChI=1S/C14H12BrNO4/c1-19-14-6-5-10(7-13(14)15)9-20-12-4-2-3-11(8-12)16(17)18/h2-8H,9H2,1H3. The van der Waals surface area contributed by atoms with Gasteiger partial charge in [-0.3, -0.25) is 10.1 Å². The first kappa shape index (κ1) is 14.3. The summed E-state index contributed by atoms with van der Waals surface area (Å²) in [6, 6.07) is 11.7. The second-order valence-electron chi connectivity index (χ2n) is 4.01. The number of ether oxygens (including phenoxy) is 2. The van der Waals surface area contributed by atoms with Gasteiger partial charge in [-0.25, -0.2) is 0 Å². The largest absolute Gasteiger partial charge is 0.496 e. The number of halogens is 1. The Morgan fingerprint density at radius 2 is 2.05 bits per heavy atom. The zero-order valence-corrected chi connectivity index (χ0v) is 12.3. The summed E-state index contributed by atoms with van der Waals surface area (Å²) >= 11 is 3.39. The third kappa shape index (κ3) is 3.48. The zero-order valence-electron chi connectivity index (χ0n) is 10.7. The van der Waals surface area contributed by atoms with Crippen LogP contribution in [-0.4, -0.2) is 12.0 Å². The van der Waals surface area contributed by atoms with Crippen LogP contribution < -0.4 is 9.47 Å². The SMILES string of the molecule is COc1ccc(COc2cccc([N+](=O)[O-])c2)cc1Br. The molecule has 2 aromatic rings. The number of hydrogen-bond donors (Lipinski definition) is 0. The summed E-state index contributed by atoms with van der Waals surface area (Å²) < 4.78 is 11.5. The molecule has 0 unspecified atom stereocenters. The molecule has 0 heterocycles. The van der Waals surface area contributed by atoms with Crippen molar-refractivity contribution in [2.24, 2.45) is 0 Å². The van der Waals surface area contributed by atoms with E-state index in [0.717, 1.165) is 15.8 Å². The third-order valence-corrected chi connectivity index (χ3v) is 3.27. The van der Waals surface area contributed by atoms with Crippen LogP contribution in [0.5, 0.6) is 11.5 Å². The molecule has 6 heteroatoms. The van der Waals surface area contributed by atoms with Crippen molar-refractivity contribution in [2.75, 3.05) is 7.11 Å². The molecule has 0 fully saturated rings. The molecule has 0 N–H and O–H groups in total. The van der Waals surface area contributed by atoms with Gasteiger partial charge in [-0.15, -0.1) is 0 Å². The highest BCUT2D eigenvalue weighted by molar-refractivity contribution is 9.10. The minimum Gasteiger partial charge on any atom is -0.496 e. The van der Waals surface area contributed by atoms with Crippen molar-refractivity contribution in [1.29, 1.82) is 0 Å². The maximum absolute atomic E-state index is 10.7. The normalized spacial score (nSPS) is 10.1. The van der Waals surface area contributed by atoms with Crippen molar-refractivity contribution in [2.45, 2.75) is 6.61 Å². The Hall–Kier alpha value is -2.08. The Morgan fingerprint density at radius 1 is 1.25 bits per heavy atom. The van der Waals surface area contributed by atoms with Gasteiger partial charge in [-0.1, -0.05) is 12.1 Å². The van der Waals surface area contributed by atoms with Crippen LogP contribution in [-0.2, 0) is 6.61 Å². The zero-order chi connectivity index (χ0) is 14.5. The van der Waals surface area contributed by atoms with Crippen LogP contribution in [0.15, 0.2) is 46.9 Å². The molecule has 0 aliphatic rings. The van der Waals surface area contributed by atoms with Crippen molar-refractivity contribution in [3.63, 3.8) is 0 Å². The number of nitrogens with zero attached hydrogens (tertiary/aromatic N) is 1. The number of nitro benzene ring substituents is 1. The molecule has 0 saturated heterocycles. The fraction of sp³-hybridized carbons (Fsp3) is 0.143. The molecular weight excluding hydrogens is 326 g/mol. The van der Waals surface area contributed by atoms with Crippen LogP contribution in [0.2, 0.25) is 0 Å². The number of non-ortho nitro benzene ring substituents is 1. The van der Waals surface area contributed by atoms with Crippen molar-refractivity contribution in [3.05, 3.63) is 62.6 Å². The molecule has 0 saturated carbocycles. The van der Waals surface area contributed by atoms with E-state index in [1.165, 1.54) is 12.1 Å². The van der Waals surface area contributed by atoms with Crippen molar-refractivity contribution in [3.8, 4) is 11.5 Å². The van der Waals surface area contributed by atoms with Gasteiger partial charge in [0.15, 0.2) is 0 Å². The summed E-state index contributed by atoms with van der Waals surface area (Å²) in [5, 5.41) is 10.7. The minimum atomic E-state index is -0.448. The fourth-order valence-electron chi connectivity index (χ4n) is 1.65. The van der Waals surface area contributed by atoms with Crippen LogP contribution in [0.25, 0.3) is 0 Å². The Morgan fingerprint density at radius 3 is 2.70 bits per heavy atom. The Balaban J connectivity index is 2.07. The van der Waals surface area contributed by atoms with Gasteiger partial charge in [-0.2, -0.15) is 0 Å². The van der Waals surface area contributed by atoms with Gasteiger partial charge in [0.05, 0.1) is 22.6 Å². The molecule has 2 rings (SSSR count). The van der Waals surface area contributed by atoms with Gasteiger partial charge >= 0.3 is 0 Å². The highest BCUT2D eigenvalue weighted by atomic mass is 79.9. The molecule has 0 radical (unpaired) electrons. The van der Waals surface area contributed by atoms with Crippen LogP contribution in [0.1, 0.15) is 5.56 Å². The molecule has 0 bridgehead atoms. The van der Waals surface area contributed by atoms with E-state index in [9.17, 15) is 10.1 Å². The minimum absolute atomic E-state index is 0.0124. The first-order valence-corrected chi connectivity index (χ1v) is 6.59. The van der Waals surface area contributed by atoms with E-state index in [1.807, 2.05) is 18.2 Å². The van der Waals surface area contributed by atoms with Gasteiger partial charge < -0.3 is 9.47 Å². The average Bonchev–Trinajstić information content (AvgIpc) is 2.45. The quantitative estimate of drug-likeness (QED) is 0.612. The van der Waals surface area contributed by atoms with Crippen LogP contribution in [0, 0.1) is 10.1 Å². The molecule has 0 aliphatic carbocycles. The summed E-state index contributed by atoms with van der Waals surface area (Å²) in [7, 11) is 1.60. The summed E-state index contributed by atoms with van der Waals surface area (Å²) in [4.78, 5) is 10.2. The molecule has 20 heavy (non-hydrogen) atoms. The summed E-state index contributed by atoms with van der Waals surface area (Å²) in [6.07, 6.45) is 0. The molecule has 0 spiro atoms. The Kier molecular flexibility index (Phi) is 4.57. The summed E-state index contributed by atoms with van der Waals surface area (Å²) in [6.45, 7) is 0.323. The third-order valence-electron chi connectivity index (χ3n) is 2.65. The van der Waals surface area contributed by atoms with Crippen molar-refractivity contribution >= 4 is 21.6 Å². The lowest BCUT2D eigenvalue weighted by molar-refractivity contribution is -0.384. The van der Waals surface area contributed by atoms with E-state index < -0.39 is 4.92 Å². The number of rotatable bonds is 5. The van der Waals surface area contributed by atoms with E-state index in [1.54, 1.807) is 19.2 Å². The second-order valence-corrected chi connectivity index (χ2v) is 4.87. The van der Waals surface area contributed by atoms with Gasteiger partial charge in [0, 0.05) is 6.07 Å². The number of benzene rings is 2. The number of hydrogen-bond acceptors (Lipinski definition) is 4. The summed E-state index contributed by atoms with van der Waals surface area (Å²) in [5.41, 5.74) is 0.947.